The fourth-order valence-electron chi connectivity index (χ4n) is 4.65. The first-order chi connectivity index (χ1) is 19.6. The number of hydrogen-bond donors (Lipinski definition) is 0. The summed E-state index contributed by atoms with van der Waals surface area (Å²) in [4.78, 5) is 23.2. The Balaban J connectivity index is 1.34. The molecule has 0 fully saturated rings. The fraction of sp³-hybridized carbons (Fsp3) is 0.188. The van der Waals surface area contributed by atoms with Crippen molar-refractivity contribution in [2.75, 3.05) is 0 Å². The maximum absolute atomic E-state index is 4.68. The zero-order valence-electron chi connectivity index (χ0n) is 22.1. The molecule has 0 atom stereocenters. The van der Waals surface area contributed by atoms with Gasteiger partial charge in [-0.15, -0.1) is 0 Å². The molecule has 0 aliphatic heterocycles. The average molecular weight is 658 g/mol. The molecule has 4 aromatic heterocycles. The van der Waals surface area contributed by atoms with E-state index in [0.717, 1.165) is 58.2 Å². The molecule has 0 aliphatic rings. The SMILES string of the molecule is Brc1cccc(CN(Cc2cccc(CN(Cc3ccccn3)Cc3ccccn3)c2)Cc2cccc(Br)n2)n1. The second-order valence-electron chi connectivity index (χ2n) is 9.66. The predicted molar refractivity (Wildman–Crippen MR) is 165 cm³/mol. The zero-order chi connectivity index (χ0) is 27.6. The Morgan fingerprint density at radius 1 is 0.450 bits per heavy atom. The second kappa shape index (κ2) is 14.4. The molecule has 8 heteroatoms. The van der Waals surface area contributed by atoms with E-state index in [1.165, 1.54) is 11.1 Å². The van der Waals surface area contributed by atoms with E-state index in [9.17, 15) is 0 Å². The molecule has 0 spiro atoms. The molecule has 1 aromatic carbocycles. The van der Waals surface area contributed by atoms with Crippen LogP contribution in [0.5, 0.6) is 0 Å². The third kappa shape index (κ3) is 8.86. The van der Waals surface area contributed by atoms with Crippen LogP contribution in [0.15, 0.2) is 119 Å². The Hall–Kier alpha value is -3.30. The van der Waals surface area contributed by atoms with Gasteiger partial charge in [0, 0.05) is 51.7 Å². The molecule has 5 rings (SSSR count). The van der Waals surface area contributed by atoms with Crippen molar-refractivity contribution in [1.82, 2.24) is 29.7 Å². The summed E-state index contributed by atoms with van der Waals surface area (Å²) in [5.41, 5.74) is 6.62. The third-order valence-electron chi connectivity index (χ3n) is 6.34. The van der Waals surface area contributed by atoms with E-state index in [2.05, 4.69) is 110 Å². The lowest BCUT2D eigenvalue weighted by atomic mass is 10.1. The first-order valence-corrected chi connectivity index (χ1v) is 14.7. The Kier molecular flexibility index (Phi) is 10.1. The maximum atomic E-state index is 4.68. The van der Waals surface area contributed by atoms with Gasteiger partial charge in [0.2, 0.25) is 0 Å². The summed E-state index contributed by atoms with van der Waals surface area (Å²) in [7, 11) is 0. The molecule has 6 nitrogen and oxygen atoms in total. The van der Waals surface area contributed by atoms with E-state index < -0.39 is 0 Å². The third-order valence-corrected chi connectivity index (χ3v) is 7.23. The summed E-state index contributed by atoms with van der Waals surface area (Å²) in [5.74, 6) is 0. The Morgan fingerprint density at radius 2 is 0.875 bits per heavy atom. The van der Waals surface area contributed by atoms with Gasteiger partial charge in [-0.05, 0) is 91.5 Å². The number of halogens is 2. The lowest BCUT2D eigenvalue weighted by Gasteiger charge is -2.24. The van der Waals surface area contributed by atoms with Crippen LogP contribution in [0, 0.1) is 0 Å². The number of benzene rings is 1. The van der Waals surface area contributed by atoms with Gasteiger partial charge in [-0.3, -0.25) is 19.8 Å². The predicted octanol–water partition coefficient (Wildman–Crippen LogP) is 7.20. The molecule has 0 saturated carbocycles. The number of nitrogens with zero attached hydrogens (tertiary/aromatic N) is 6. The van der Waals surface area contributed by atoms with Crippen molar-refractivity contribution >= 4 is 31.9 Å². The van der Waals surface area contributed by atoms with Crippen LogP contribution in [0.2, 0.25) is 0 Å². The van der Waals surface area contributed by atoms with Crippen LogP contribution in [0.25, 0.3) is 0 Å². The van der Waals surface area contributed by atoms with E-state index >= 15 is 0 Å². The first-order valence-electron chi connectivity index (χ1n) is 13.1. The Bertz CT molecular complexity index is 1410. The van der Waals surface area contributed by atoms with E-state index in [0.29, 0.717) is 13.1 Å². The molecule has 4 heterocycles. The van der Waals surface area contributed by atoms with Crippen LogP contribution in [0.4, 0.5) is 0 Å². The fourth-order valence-corrected chi connectivity index (χ4v) is 5.42. The van der Waals surface area contributed by atoms with Crippen LogP contribution in [0.3, 0.4) is 0 Å². The van der Waals surface area contributed by atoms with Gasteiger partial charge in [-0.1, -0.05) is 48.5 Å². The summed E-state index contributed by atoms with van der Waals surface area (Å²) in [5, 5.41) is 0. The Labute approximate surface area is 252 Å². The van der Waals surface area contributed by atoms with E-state index in [-0.39, 0.29) is 0 Å². The van der Waals surface area contributed by atoms with Gasteiger partial charge in [-0.25, -0.2) is 9.97 Å². The van der Waals surface area contributed by atoms with Crippen LogP contribution in [-0.2, 0) is 39.3 Å². The highest BCUT2D eigenvalue weighted by Crippen LogP contribution is 2.18. The summed E-state index contributed by atoms with van der Waals surface area (Å²) < 4.78 is 1.68. The minimum Gasteiger partial charge on any atom is -0.287 e. The zero-order valence-corrected chi connectivity index (χ0v) is 25.2. The van der Waals surface area contributed by atoms with Crippen LogP contribution in [0.1, 0.15) is 33.9 Å². The second-order valence-corrected chi connectivity index (χ2v) is 11.3. The molecule has 0 amide bonds. The molecule has 0 N–H and O–H groups in total. The molecule has 0 unspecified atom stereocenters. The Morgan fingerprint density at radius 3 is 1.30 bits per heavy atom. The maximum Gasteiger partial charge on any atom is 0.106 e. The van der Waals surface area contributed by atoms with Crippen molar-refractivity contribution in [3.05, 3.63) is 153 Å². The number of hydrogen-bond acceptors (Lipinski definition) is 6. The van der Waals surface area contributed by atoms with Gasteiger partial charge >= 0.3 is 0 Å². The molecule has 5 aromatic rings. The smallest absolute Gasteiger partial charge is 0.106 e. The highest BCUT2D eigenvalue weighted by molar-refractivity contribution is 9.10. The summed E-state index contributed by atoms with van der Waals surface area (Å²) in [6, 6.07) is 33.1. The summed E-state index contributed by atoms with van der Waals surface area (Å²) in [6.07, 6.45) is 3.70. The number of rotatable bonds is 12. The molecule has 0 aliphatic carbocycles. The van der Waals surface area contributed by atoms with Gasteiger partial charge in [0.05, 0.1) is 22.8 Å². The molecular formula is C32H30Br2N6. The van der Waals surface area contributed by atoms with Crippen molar-refractivity contribution < 1.29 is 0 Å². The van der Waals surface area contributed by atoms with Gasteiger partial charge in [0.15, 0.2) is 0 Å². The molecular weight excluding hydrogens is 628 g/mol. The summed E-state index contributed by atoms with van der Waals surface area (Å²) in [6.45, 7) is 4.48. The largest absolute Gasteiger partial charge is 0.287 e. The molecule has 0 bridgehead atoms. The minimum absolute atomic E-state index is 0.712. The minimum atomic E-state index is 0.712. The van der Waals surface area contributed by atoms with Crippen LogP contribution in [-0.4, -0.2) is 29.7 Å². The monoisotopic (exact) mass is 656 g/mol. The van der Waals surface area contributed by atoms with Gasteiger partial charge < -0.3 is 0 Å². The normalized spacial score (nSPS) is 11.3. The molecule has 0 saturated heterocycles. The van der Waals surface area contributed by atoms with Gasteiger partial charge in [0.1, 0.15) is 9.21 Å². The first kappa shape index (κ1) is 28.2. The van der Waals surface area contributed by atoms with Crippen molar-refractivity contribution in [2.24, 2.45) is 0 Å². The van der Waals surface area contributed by atoms with E-state index in [1.807, 2.05) is 60.9 Å². The van der Waals surface area contributed by atoms with Crippen molar-refractivity contribution in [3.63, 3.8) is 0 Å². The molecule has 0 radical (unpaired) electrons. The summed E-state index contributed by atoms with van der Waals surface area (Å²) >= 11 is 7.03. The van der Waals surface area contributed by atoms with Crippen molar-refractivity contribution in [3.8, 4) is 0 Å². The standard InChI is InChI=1S/C32H30Br2N6/c33-31-14-6-12-29(37-31)23-40(24-30-13-7-15-32(34)38-30)20-26-9-5-8-25(18-26)19-39(21-27-10-1-3-16-35-27)22-28-11-2-4-17-36-28/h1-18H,19-24H2. The van der Waals surface area contributed by atoms with Crippen LogP contribution < -0.4 is 0 Å². The number of aromatic nitrogens is 4. The van der Waals surface area contributed by atoms with Crippen molar-refractivity contribution in [2.45, 2.75) is 39.3 Å². The molecule has 202 valence electrons. The highest BCUT2D eigenvalue weighted by atomic mass is 79.9. The van der Waals surface area contributed by atoms with Gasteiger partial charge in [0.25, 0.3) is 0 Å². The topological polar surface area (TPSA) is 58.0 Å². The van der Waals surface area contributed by atoms with E-state index in [4.69, 9.17) is 0 Å². The quantitative estimate of drug-likeness (QED) is 0.132. The number of pyridine rings is 4. The van der Waals surface area contributed by atoms with Crippen LogP contribution >= 0.6 is 31.9 Å². The molecule has 40 heavy (non-hydrogen) atoms. The highest BCUT2D eigenvalue weighted by Gasteiger charge is 2.14. The van der Waals surface area contributed by atoms with Crippen molar-refractivity contribution in [1.29, 1.82) is 0 Å². The average Bonchev–Trinajstić information content (AvgIpc) is 2.94. The van der Waals surface area contributed by atoms with E-state index in [1.54, 1.807) is 0 Å². The lowest BCUT2D eigenvalue weighted by molar-refractivity contribution is 0.237. The lowest BCUT2D eigenvalue weighted by Crippen LogP contribution is -2.25. The van der Waals surface area contributed by atoms with Gasteiger partial charge in [-0.2, -0.15) is 0 Å².